The highest BCUT2D eigenvalue weighted by atomic mass is 32.2. The van der Waals surface area contributed by atoms with Gasteiger partial charge >= 0.3 is 0 Å². The maximum atomic E-state index is 12.5. The van der Waals surface area contributed by atoms with Gasteiger partial charge in [0, 0.05) is 29.1 Å². The Labute approximate surface area is 185 Å². The maximum Gasteiger partial charge on any atom is 0.275 e. The highest BCUT2D eigenvalue weighted by molar-refractivity contribution is 7.98. The van der Waals surface area contributed by atoms with Crippen molar-refractivity contribution < 1.29 is 4.79 Å². The third-order valence-corrected chi connectivity index (χ3v) is 6.84. The molecule has 6 nitrogen and oxygen atoms in total. The first-order chi connectivity index (χ1) is 14.4. The van der Waals surface area contributed by atoms with Gasteiger partial charge in [0.15, 0.2) is 0 Å². The molecule has 3 rings (SSSR count). The number of carbonyl (C=O) groups excluding carboxylic acids is 1. The summed E-state index contributed by atoms with van der Waals surface area (Å²) in [5, 5.41) is 8.38. The summed E-state index contributed by atoms with van der Waals surface area (Å²) in [6.07, 6.45) is 2.47. The van der Waals surface area contributed by atoms with Crippen LogP contribution in [-0.4, -0.2) is 20.5 Å². The highest BCUT2D eigenvalue weighted by Crippen LogP contribution is 2.30. The summed E-state index contributed by atoms with van der Waals surface area (Å²) in [7, 11) is 0. The van der Waals surface area contributed by atoms with Crippen LogP contribution in [0.1, 0.15) is 51.2 Å². The zero-order valence-electron chi connectivity index (χ0n) is 17.8. The van der Waals surface area contributed by atoms with E-state index in [1.807, 2.05) is 38.1 Å². The van der Waals surface area contributed by atoms with Gasteiger partial charge in [0.1, 0.15) is 5.01 Å². The Bertz CT molecular complexity index is 1070. The van der Waals surface area contributed by atoms with E-state index in [9.17, 15) is 9.59 Å². The molecule has 0 fully saturated rings. The molecular formula is C22H28N4O2S2. The Morgan fingerprint density at radius 3 is 2.67 bits per heavy atom. The number of anilines is 1. The van der Waals surface area contributed by atoms with E-state index in [-0.39, 0.29) is 17.4 Å². The van der Waals surface area contributed by atoms with Crippen LogP contribution in [0.25, 0.3) is 4.96 Å². The van der Waals surface area contributed by atoms with Crippen molar-refractivity contribution in [2.24, 2.45) is 11.8 Å². The minimum atomic E-state index is -0.155. The van der Waals surface area contributed by atoms with Crippen molar-refractivity contribution in [1.82, 2.24) is 14.6 Å². The zero-order valence-corrected chi connectivity index (χ0v) is 19.5. The minimum Gasteiger partial charge on any atom is -0.325 e. The van der Waals surface area contributed by atoms with E-state index in [2.05, 4.69) is 29.2 Å². The second-order valence-electron chi connectivity index (χ2n) is 7.66. The Morgan fingerprint density at radius 2 is 1.97 bits per heavy atom. The van der Waals surface area contributed by atoms with Gasteiger partial charge in [-0.2, -0.15) is 9.61 Å². The predicted octanol–water partition coefficient (Wildman–Crippen LogP) is 5.02. The molecule has 1 aromatic carbocycles. The molecule has 3 aromatic rings. The second kappa shape index (κ2) is 10.2. The third kappa shape index (κ3) is 5.49. The number of para-hydroxylation sites is 1. The fourth-order valence-electron chi connectivity index (χ4n) is 3.14. The van der Waals surface area contributed by atoms with Crippen molar-refractivity contribution in [2.45, 2.75) is 57.6 Å². The normalized spacial score (nSPS) is 11.5. The SMILES string of the molecule is CCC(CC)C(=O)Nc1ccccc1SCc1cc(=O)n2nc(CC(C)C)sc2n1. The predicted molar refractivity (Wildman–Crippen MR) is 124 cm³/mol. The molecule has 0 aliphatic rings. The van der Waals surface area contributed by atoms with E-state index in [0.29, 0.717) is 22.3 Å². The van der Waals surface area contributed by atoms with Crippen LogP contribution in [-0.2, 0) is 17.0 Å². The summed E-state index contributed by atoms with van der Waals surface area (Å²) >= 11 is 3.03. The number of nitrogens with one attached hydrogen (secondary N) is 1. The fraction of sp³-hybridized carbons (Fsp3) is 0.455. The van der Waals surface area contributed by atoms with Crippen LogP contribution in [0.15, 0.2) is 40.0 Å². The van der Waals surface area contributed by atoms with Crippen molar-refractivity contribution >= 4 is 39.7 Å². The first-order valence-corrected chi connectivity index (χ1v) is 12.1. The quantitative estimate of drug-likeness (QED) is 0.469. The molecule has 1 amide bonds. The third-order valence-electron chi connectivity index (χ3n) is 4.80. The van der Waals surface area contributed by atoms with Crippen LogP contribution in [0.4, 0.5) is 5.69 Å². The van der Waals surface area contributed by atoms with Gasteiger partial charge in [-0.25, -0.2) is 4.98 Å². The van der Waals surface area contributed by atoms with E-state index >= 15 is 0 Å². The maximum absolute atomic E-state index is 12.5. The molecule has 8 heteroatoms. The molecule has 30 heavy (non-hydrogen) atoms. The number of benzene rings is 1. The molecule has 0 atom stereocenters. The van der Waals surface area contributed by atoms with E-state index in [0.717, 1.165) is 34.9 Å². The average molecular weight is 445 g/mol. The number of thioether (sulfide) groups is 1. The van der Waals surface area contributed by atoms with Crippen molar-refractivity contribution in [3.8, 4) is 0 Å². The Balaban J connectivity index is 1.76. The van der Waals surface area contributed by atoms with Crippen molar-refractivity contribution in [1.29, 1.82) is 0 Å². The monoisotopic (exact) mass is 444 g/mol. The first-order valence-electron chi connectivity index (χ1n) is 10.3. The molecule has 0 bridgehead atoms. The van der Waals surface area contributed by atoms with Gasteiger partial charge in [0.05, 0.1) is 11.4 Å². The molecule has 0 radical (unpaired) electrons. The fourth-order valence-corrected chi connectivity index (χ4v) is 5.17. The van der Waals surface area contributed by atoms with Crippen LogP contribution >= 0.6 is 23.1 Å². The molecule has 0 saturated heterocycles. The van der Waals surface area contributed by atoms with Crippen LogP contribution in [0.5, 0.6) is 0 Å². The van der Waals surface area contributed by atoms with Crippen LogP contribution in [0.3, 0.4) is 0 Å². The van der Waals surface area contributed by atoms with Gasteiger partial charge in [-0.05, 0) is 30.9 Å². The molecule has 0 unspecified atom stereocenters. The largest absolute Gasteiger partial charge is 0.325 e. The Kier molecular flexibility index (Phi) is 7.66. The zero-order chi connectivity index (χ0) is 21.7. The van der Waals surface area contributed by atoms with E-state index in [4.69, 9.17) is 0 Å². The number of rotatable bonds is 9. The molecule has 1 N–H and O–H groups in total. The number of hydrogen-bond donors (Lipinski definition) is 1. The summed E-state index contributed by atoms with van der Waals surface area (Å²) in [4.78, 5) is 31.2. The summed E-state index contributed by atoms with van der Waals surface area (Å²) in [6.45, 7) is 8.31. The molecule has 0 aliphatic carbocycles. The number of carbonyl (C=O) groups is 1. The lowest BCUT2D eigenvalue weighted by atomic mass is 10.0. The smallest absolute Gasteiger partial charge is 0.275 e. The van der Waals surface area contributed by atoms with Crippen LogP contribution in [0.2, 0.25) is 0 Å². The average Bonchev–Trinajstić information content (AvgIpc) is 3.10. The van der Waals surface area contributed by atoms with Gasteiger partial charge in [-0.3, -0.25) is 9.59 Å². The number of fused-ring (bicyclic) bond motifs is 1. The van der Waals surface area contributed by atoms with Gasteiger partial charge in [0.2, 0.25) is 10.9 Å². The minimum absolute atomic E-state index is 0.0125. The lowest BCUT2D eigenvalue weighted by Gasteiger charge is -2.15. The molecule has 2 heterocycles. The second-order valence-corrected chi connectivity index (χ2v) is 9.72. The summed E-state index contributed by atoms with van der Waals surface area (Å²) in [5.74, 6) is 1.08. The Hall–Kier alpha value is -2.19. The van der Waals surface area contributed by atoms with Gasteiger partial charge in [-0.1, -0.05) is 51.2 Å². The molecular weight excluding hydrogens is 416 g/mol. The standard InChI is InChI=1S/C22H28N4O2S2/c1-5-15(6-2)21(28)24-17-9-7-8-10-18(17)29-13-16-12-20(27)26-22(23-16)30-19(25-26)11-14(3)4/h7-10,12,14-15H,5-6,11,13H2,1-4H3,(H,24,28). The van der Waals surface area contributed by atoms with E-state index < -0.39 is 0 Å². The van der Waals surface area contributed by atoms with Crippen LogP contribution < -0.4 is 10.9 Å². The van der Waals surface area contributed by atoms with Crippen molar-refractivity contribution in [3.63, 3.8) is 0 Å². The summed E-state index contributed by atoms with van der Waals surface area (Å²) < 4.78 is 1.39. The van der Waals surface area contributed by atoms with Crippen molar-refractivity contribution in [2.75, 3.05) is 5.32 Å². The Morgan fingerprint density at radius 1 is 1.23 bits per heavy atom. The molecule has 0 aliphatic heterocycles. The topological polar surface area (TPSA) is 76.4 Å². The molecule has 0 saturated carbocycles. The van der Waals surface area contributed by atoms with Gasteiger partial charge in [-0.15, -0.1) is 11.8 Å². The lowest BCUT2D eigenvalue weighted by Crippen LogP contribution is -2.21. The molecule has 160 valence electrons. The first kappa shape index (κ1) is 22.5. The number of hydrogen-bond acceptors (Lipinski definition) is 6. The van der Waals surface area contributed by atoms with Gasteiger partial charge in [0.25, 0.3) is 5.56 Å². The number of nitrogens with zero attached hydrogens (tertiary/aromatic N) is 3. The highest BCUT2D eigenvalue weighted by Gasteiger charge is 2.16. The van der Waals surface area contributed by atoms with E-state index in [1.165, 1.54) is 15.9 Å². The van der Waals surface area contributed by atoms with Gasteiger partial charge < -0.3 is 5.32 Å². The number of aromatic nitrogens is 3. The van der Waals surface area contributed by atoms with Crippen LogP contribution in [0, 0.1) is 11.8 Å². The molecule has 2 aromatic heterocycles. The van der Waals surface area contributed by atoms with E-state index in [1.54, 1.807) is 17.8 Å². The van der Waals surface area contributed by atoms with Crippen molar-refractivity contribution in [3.05, 3.63) is 51.4 Å². The molecule has 0 spiro atoms. The lowest BCUT2D eigenvalue weighted by molar-refractivity contribution is -0.120. The summed E-state index contributed by atoms with van der Waals surface area (Å²) in [6, 6.07) is 9.30. The summed E-state index contributed by atoms with van der Waals surface area (Å²) in [5.41, 5.74) is 1.36. The number of amides is 1.